The lowest BCUT2D eigenvalue weighted by molar-refractivity contribution is 0.0920. The highest BCUT2D eigenvalue weighted by molar-refractivity contribution is 6.15. The second kappa shape index (κ2) is 10.5. The van der Waals surface area contributed by atoms with E-state index in [9.17, 15) is 9.59 Å². The van der Waals surface area contributed by atoms with Gasteiger partial charge in [0, 0.05) is 30.4 Å². The number of aryl methyl sites for hydroxylation is 1. The maximum absolute atomic E-state index is 13.0. The van der Waals surface area contributed by atoms with Crippen molar-refractivity contribution >= 4 is 23.3 Å². The molecular formula is C29H29NO5. The van der Waals surface area contributed by atoms with Gasteiger partial charge in [0.15, 0.2) is 18.1 Å². The number of Topliss-reactive ketones (excluding diaryl/α,β-unsaturated/α-hetero) is 2. The predicted octanol–water partition coefficient (Wildman–Crippen LogP) is 5.73. The molecule has 0 spiro atoms. The molecule has 0 atom stereocenters. The summed E-state index contributed by atoms with van der Waals surface area (Å²) in [7, 11) is 1.58. The number of ketones is 2. The summed E-state index contributed by atoms with van der Waals surface area (Å²) in [5.41, 5.74) is 3.81. The standard InChI is InChI=1S/C29H29NO5/c1-5-30(6-2)22-11-7-20(8-12-22)16-27-29(32)28-19(3)15-24(17-26(28)35-27)34-18-25(31)21-9-13-23(33-4)14-10-21/h7-17H,5-6,18H2,1-4H3/b27-16-. The fourth-order valence-corrected chi connectivity index (χ4v) is 4.09. The third-order valence-electron chi connectivity index (χ3n) is 6.04. The van der Waals surface area contributed by atoms with Crippen molar-refractivity contribution < 1.29 is 23.8 Å². The number of ether oxygens (including phenoxy) is 3. The van der Waals surface area contributed by atoms with Gasteiger partial charge in [-0.1, -0.05) is 12.1 Å². The molecule has 0 amide bonds. The highest BCUT2D eigenvalue weighted by atomic mass is 16.5. The van der Waals surface area contributed by atoms with E-state index in [0.29, 0.717) is 28.4 Å². The van der Waals surface area contributed by atoms with Crippen LogP contribution in [0.2, 0.25) is 0 Å². The van der Waals surface area contributed by atoms with Gasteiger partial charge in [-0.05, 0) is 80.4 Å². The molecular weight excluding hydrogens is 442 g/mol. The zero-order valence-corrected chi connectivity index (χ0v) is 20.5. The lowest BCUT2D eigenvalue weighted by Gasteiger charge is -2.20. The largest absolute Gasteiger partial charge is 0.497 e. The molecule has 6 nitrogen and oxygen atoms in total. The Balaban J connectivity index is 1.47. The Hall–Kier alpha value is -4.06. The molecule has 0 aliphatic carbocycles. The zero-order chi connectivity index (χ0) is 24.9. The van der Waals surface area contributed by atoms with E-state index in [0.717, 1.165) is 29.9 Å². The first-order valence-corrected chi connectivity index (χ1v) is 11.7. The Bertz CT molecular complexity index is 1260. The molecule has 6 heteroatoms. The first kappa shape index (κ1) is 24.1. The number of carbonyl (C=O) groups excluding carboxylic acids is 2. The lowest BCUT2D eigenvalue weighted by Crippen LogP contribution is -2.21. The molecule has 35 heavy (non-hydrogen) atoms. The van der Waals surface area contributed by atoms with Crippen molar-refractivity contribution in [2.45, 2.75) is 20.8 Å². The quantitative estimate of drug-likeness (QED) is 0.293. The van der Waals surface area contributed by atoms with Gasteiger partial charge in [0.2, 0.25) is 5.78 Å². The molecule has 4 rings (SSSR count). The number of allylic oxidation sites excluding steroid dienone is 1. The van der Waals surface area contributed by atoms with Crippen LogP contribution in [0.4, 0.5) is 5.69 Å². The average molecular weight is 472 g/mol. The minimum Gasteiger partial charge on any atom is -0.497 e. The van der Waals surface area contributed by atoms with E-state index < -0.39 is 0 Å². The van der Waals surface area contributed by atoms with Crippen LogP contribution in [0, 0.1) is 6.92 Å². The minimum atomic E-state index is -0.161. The monoisotopic (exact) mass is 471 g/mol. The summed E-state index contributed by atoms with van der Waals surface area (Å²) >= 11 is 0. The molecule has 0 bridgehead atoms. The summed E-state index contributed by atoms with van der Waals surface area (Å²) in [5.74, 6) is 1.55. The predicted molar refractivity (Wildman–Crippen MR) is 137 cm³/mol. The van der Waals surface area contributed by atoms with Gasteiger partial charge in [0.1, 0.15) is 17.2 Å². The normalized spacial score (nSPS) is 13.4. The number of benzene rings is 3. The van der Waals surface area contributed by atoms with Gasteiger partial charge in [0.25, 0.3) is 0 Å². The fourth-order valence-electron chi connectivity index (χ4n) is 4.09. The molecule has 1 aliphatic rings. The van der Waals surface area contributed by atoms with Gasteiger partial charge >= 0.3 is 0 Å². The molecule has 0 aromatic heterocycles. The fraction of sp³-hybridized carbons (Fsp3) is 0.241. The van der Waals surface area contributed by atoms with Gasteiger partial charge in [-0.25, -0.2) is 0 Å². The van der Waals surface area contributed by atoms with Crippen LogP contribution >= 0.6 is 0 Å². The SMILES string of the molecule is CCN(CC)c1ccc(/C=C2\Oc3cc(OCC(=O)c4ccc(OC)cc4)cc(C)c3C2=O)cc1. The molecule has 180 valence electrons. The van der Waals surface area contributed by atoms with Crippen LogP contribution in [0.5, 0.6) is 17.2 Å². The maximum atomic E-state index is 13.0. The van der Waals surface area contributed by atoms with Gasteiger partial charge in [0.05, 0.1) is 12.7 Å². The Morgan fingerprint density at radius 1 is 0.971 bits per heavy atom. The van der Waals surface area contributed by atoms with Crippen molar-refractivity contribution in [3.05, 3.63) is 88.7 Å². The molecule has 0 radical (unpaired) electrons. The van der Waals surface area contributed by atoms with Gasteiger partial charge in [-0.3, -0.25) is 9.59 Å². The summed E-state index contributed by atoms with van der Waals surface area (Å²) in [6.07, 6.45) is 1.75. The molecule has 3 aromatic carbocycles. The number of anilines is 1. The van der Waals surface area contributed by atoms with Crippen LogP contribution in [0.15, 0.2) is 66.4 Å². The maximum Gasteiger partial charge on any atom is 0.232 e. The summed E-state index contributed by atoms with van der Waals surface area (Å²) in [6.45, 7) is 7.82. The van der Waals surface area contributed by atoms with Crippen LogP contribution in [-0.2, 0) is 0 Å². The van der Waals surface area contributed by atoms with E-state index in [4.69, 9.17) is 14.2 Å². The van der Waals surface area contributed by atoms with E-state index in [-0.39, 0.29) is 23.9 Å². The average Bonchev–Trinajstić information content (AvgIpc) is 3.19. The number of nitrogens with zero attached hydrogens (tertiary/aromatic N) is 1. The highest BCUT2D eigenvalue weighted by Crippen LogP contribution is 2.37. The second-order valence-corrected chi connectivity index (χ2v) is 8.26. The highest BCUT2D eigenvalue weighted by Gasteiger charge is 2.30. The summed E-state index contributed by atoms with van der Waals surface area (Å²) in [4.78, 5) is 27.7. The van der Waals surface area contributed by atoms with Crippen LogP contribution in [0.25, 0.3) is 6.08 Å². The topological polar surface area (TPSA) is 65.1 Å². The first-order valence-electron chi connectivity index (χ1n) is 11.7. The molecule has 0 saturated heterocycles. The molecule has 0 fully saturated rings. The third-order valence-corrected chi connectivity index (χ3v) is 6.04. The van der Waals surface area contributed by atoms with Crippen LogP contribution in [-0.4, -0.2) is 38.4 Å². The van der Waals surface area contributed by atoms with Crippen molar-refractivity contribution in [2.75, 3.05) is 31.7 Å². The Morgan fingerprint density at radius 2 is 1.66 bits per heavy atom. The van der Waals surface area contributed by atoms with Crippen molar-refractivity contribution in [3.63, 3.8) is 0 Å². The first-order chi connectivity index (χ1) is 16.9. The van der Waals surface area contributed by atoms with Crippen LogP contribution in [0.3, 0.4) is 0 Å². The lowest BCUT2D eigenvalue weighted by atomic mass is 10.0. The third kappa shape index (κ3) is 5.22. The smallest absolute Gasteiger partial charge is 0.232 e. The Labute approximate surface area is 205 Å². The Kier molecular flexibility index (Phi) is 7.20. The number of rotatable bonds is 9. The zero-order valence-electron chi connectivity index (χ0n) is 20.5. The van der Waals surface area contributed by atoms with E-state index in [1.807, 2.05) is 31.2 Å². The van der Waals surface area contributed by atoms with E-state index in [1.54, 1.807) is 49.6 Å². The van der Waals surface area contributed by atoms with Crippen LogP contribution < -0.4 is 19.1 Å². The van der Waals surface area contributed by atoms with Crippen molar-refractivity contribution in [1.29, 1.82) is 0 Å². The van der Waals surface area contributed by atoms with Gasteiger partial charge in [-0.15, -0.1) is 0 Å². The Morgan fingerprint density at radius 3 is 2.29 bits per heavy atom. The summed E-state index contributed by atoms with van der Waals surface area (Å²) in [6, 6.07) is 18.3. The molecule has 3 aromatic rings. The number of fused-ring (bicyclic) bond motifs is 1. The van der Waals surface area contributed by atoms with Gasteiger partial charge < -0.3 is 19.1 Å². The minimum absolute atomic E-state index is 0.125. The molecule has 1 aliphatic heterocycles. The number of hydrogen-bond donors (Lipinski definition) is 0. The number of carbonyl (C=O) groups is 2. The molecule has 0 saturated carbocycles. The summed E-state index contributed by atoms with van der Waals surface area (Å²) in [5, 5.41) is 0. The number of hydrogen-bond acceptors (Lipinski definition) is 6. The van der Waals surface area contributed by atoms with E-state index in [2.05, 4.69) is 18.7 Å². The second-order valence-electron chi connectivity index (χ2n) is 8.26. The molecule has 0 unspecified atom stereocenters. The summed E-state index contributed by atoms with van der Waals surface area (Å²) < 4.78 is 16.8. The number of methoxy groups -OCH3 is 1. The molecule has 1 heterocycles. The van der Waals surface area contributed by atoms with E-state index >= 15 is 0 Å². The van der Waals surface area contributed by atoms with Crippen molar-refractivity contribution in [2.24, 2.45) is 0 Å². The van der Waals surface area contributed by atoms with Crippen LogP contribution in [0.1, 0.15) is 45.7 Å². The van der Waals surface area contributed by atoms with Crippen molar-refractivity contribution in [3.8, 4) is 17.2 Å². The van der Waals surface area contributed by atoms with Crippen molar-refractivity contribution in [1.82, 2.24) is 0 Å². The molecule has 0 N–H and O–H groups in total. The van der Waals surface area contributed by atoms with E-state index in [1.165, 1.54) is 0 Å². The van der Waals surface area contributed by atoms with Gasteiger partial charge in [-0.2, -0.15) is 0 Å².